The van der Waals surface area contributed by atoms with Gasteiger partial charge >= 0.3 is 12.2 Å². The van der Waals surface area contributed by atoms with Crippen molar-refractivity contribution in [1.29, 1.82) is 0 Å². The standard InChI is InChI=1S/C23H34FN3O4/c1-23(2,3)31-21(28)25-18-9-12-26(13-10-18)20-11-14-27(15-19(20)24)22(29)30-16-17-7-5-4-6-8-17/h4-8,18-20H,9-16H2,1-3H3,(H,25,28). The van der Waals surface area contributed by atoms with Crippen LogP contribution in [0, 0.1) is 0 Å². The number of nitrogens with zero attached hydrogens (tertiary/aromatic N) is 2. The van der Waals surface area contributed by atoms with Gasteiger partial charge in [-0.3, -0.25) is 4.90 Å². The number of halogens is 1. The molecule has 2 amide bonds. The van der Waals surface area contributed by atoms with Gasteiger partial charge in [0.15, 0.2) is 0 Å². The summed E-state index contributed by atoms with van der Waals surface area (Å²) in [6.07, 6.45) is 0.0952. The van der Waals surface area contributed by atoms with Crippen LogP contribution in [-0.4, -0.2) is 72.0 Å². The predicted octanol–water partition coefficient (Wildman–Crippen LogP) is 3.72. The molecule has 2 unspecified atom stereocenters. The summed E-state index contributed by atoms with van der Waals surface area (Å²) in [5, 5.41) is 2.91. The number of carbonyl (C=O) groups excluding carboxylic acids is 2. The summed E-state index contributed by atoms with van der Waals surface area (Å²) in [4.78, 5) is 27.9. The topological polar surface area (TPSA) is 71.1 Å². The van der Waals surface area contributed by atoms with E-state index in [1.54, 1.807) is 0 Å². The highest BCUT2D eigenvalue weighted by atomic mass is 19.1. The Hall–Kier alpha value is -2.35. The van der Waals surface area contributed by atoms with E-state index in [2.05, 4.69) is 10.2 Å². The molecule has 7 nitrogen and oxygen atoms in total. The van der Waals surface area contributed by atoms with E-state index < -0.39 is 24.0 Å². The lowest BCUT2D eigenvalue weighted by Gasteiger charge is -2.43. The Morgan fingerprint density at radius 3 is 2.39 bits per heavy atom. The van der Waals surface area contributed by atoms with Crippen LogP contribution in [0.3, 0.4) is 0 Å². The molecule has 2 heterocycles. The number of alkyl halides is 1. The molecule has 0 radical (unpaired) electrons. The summed E-state index contributed by atoms with van der Waals surface area (Å²) in [6.45, 7) is 7.65. The molecule has 0 aliphatic carbocycles. The molecule has 31 heavy (non-hydrogen) atoms. The first-order valence-electron chi connectivity index (χ1n) is 11.0. The van der Waals surface area contributed by atoms with E-state index >= 15 is 0 Å². The number of alkyl carbamates (subject to hydrolysis) is 1. The second-order valence-electron chi connectivity index (χ2n) is 9.31. The maximum Gasteiger partial charge on any atom is 0.410 e. The van der Waals surface area contributed by atoms with Crippen molar-refractivity contribution >= 4 is 12.2 Å². The van der Waals surface area contributed by atoms with E-state index in [-0.39, 0.29) is 25.2 Å². The predicted molar refractivity (Wildman–Crippen MR) is 115 cm³/mol. The first kappa shape index (κ1) is 23.3. The van der Waals surface area contributed by atoms with E-state index in [4.69, 9.17) is 9.47 Å². The normalized spacial score (nSPS) is 23.3. The molecule has 0 aromatic heterocycles. The average Bonchev–Trinajstić information content (AvgIpc) is 2.72. The van der Waals surface area contributed by atoms with Crippen LogP contribution in [0.5, 0.6) is 0 Å². The van der Waals surface area contributed by atoms with Gasteiger partial charge in [0.2, 0.25) is 0 Å². The van der Waals surface area contributed by atoms with Gasteiger partial charge in [0.25, 0.3) is 0 Å². The van der Waals surface area contributed by atoms with Crippen molar-refractivity contribution in [3.63, 3.8) is 0 Å². The van der Waals surface area contributed by atoms with Gasteiger partial charge in [-0.2, -0.15) is 0 Å². The maximum absolute atomic E-state index is 14.9. The molecule has 172 valence electrons. The number of hydrogen-bond donors (Lipinski definition) is 1. The van der Waals surface area contributed by atoms with Crippen LogP contribution in [0.2, 0.25) is 0 Å². The molecule has 2 fully saturated rings. The Morgan fingerprint density at radius 1 is 1.10 bits per heavy atom. The molecule has 1 aromatic carbocycles. The summed E-state index contributed by atoms with van der Waals surface area (Å²) >= 11 is 0. The zero-order valence-electron chi connectivity index (χ0n) is 18.7. The van der Waals surface area contributed by atoms with Gasteiger partial charge in [0.1, 0.15) is 18.4 Å². The van der Waals surface area contributed by atoms with Gasteiger partial charge < -0.3 is 19.7 Å². The Kier molecular flexibility index (Phi) is 7.75. The highest BCUT2D eigenvalue weighted by molar-refractivity contribution is 5.68. The third-order valence-corrected chi connectivity index (χ3v) is 5.69. The molecule has 8 heteroatoms. The van der Waals surface area contributed by atoms with Gasteiger partial charge in [-0.15, -0.1) is 0 Å². The van der Waals surface area contributed by atoms with Gasteiger partial charge in [0, 0.05) is 31.7 Å². The largest absolute Gasteiger partial charge is 0.445 e. The van der Waals surface area contributed by atoms with Crippen molar-refractivity contribution in [1.82, 2.24) is 15.1 Å². The lowest BCUT2D eigenvalue weighted by molar-refractivity contribution is 0.0122. The van der Waals surface area contributed by atoms with E-state index in [0.717, 1.165) is 18.4 Å². The van der Waals surface area contributed by atoms with Gasteiger partial charge in [0.05, 0.1) is 6.54 Å². The van der Waals surface area contributed by atoms with E-state index in [0.29, 0.717) is 26.1 Å². The summed E-state index contributed by atoms with van der Waals surface area (Å²) in [5.74, 6) is 0. The lowest BCUT2D eigenvalue weighted by atomic mass is 9.97. The molecular weight excluding hydrogens is 401 g/mol. The number of benzene rings is 1. The number of likely N-dealkylation sites (tertiary alicyclic amines) is 2. The SMILES string of the molecule is CC(C)(C)OC(=O)NC1CCN(C2CCN(C(=O)OCc3ccccc3)CC2F)CC1. The molecule has 2 saturated heterocycles. The maximum atomic E-state index is 14.9. The first-order chi connectivity index (χ1) is 14.7. The van der Waals surface area contributed by atoms with Crippen LogP contribution < -0.4 is 5.32 Å². The summed E-state index contributed by atoms with van der Waals surface area (Å²) < 4.78 is 25.6. The van der Waals surface area contributed by atoms with Crippen LogP contribution >= 0.6 is 0 Å². The van der Waals surface area contributed by atoms with E-state index in [9.17, 15) is 14.0 Å². The van der Waals surface area contributed by atoms with Crippen molar-refractivity contribution in [3.8, 4) is 0 Å². The molecule has 0 spiro atoms. The zero-order valence-corrected chi connectivity index (χ0v) is 18.7. The minimum atomic E-state index is -1.12. The quantitative estimate of drug-likeness (QED) is 0.781. The van der Waals surface area contributed by atoms with Crippen molar-refractivity contribution in [2.24, 2.45) is 0 Å². The minimum absolute atomic E-state index is 0.0391. The molecule has 0 saturated carbocycles. The molecule has 3 rings (SSSR count). The van der Waals surface area contributed by atoms with Crippen molar-refractivity contribution in [3.05, 3.63) is 35.9 Å². The number of rotatable bonds is 4. The van der Waals surface area contributed by atoms with Gasteiger partial charge in [-0.1, -0.05) is 30.3 Å². The number of amides is 2. The number of ether oxygens (including phenoxy) is 2. The monoisotopic (exact) mass is 435 g/mol. The average molecular weight is 436 g/mol. The Labute approximate surface area is 183 Å². The zero-order chi connectivity index (χ0) is 22.4. The van der Waals surface area contributed by atoms with Crippen LogP contribution in [0.25, 0.3) is 0 Å². The number of nitrogens with one attached hydrogen (secondary N) is 1. The molecule has 2 aliphatic rings. The number of hydrogen-bond acceptors (Lipinski definition) is 5. The van der Waals surface area contributed by atoms with Gasteiger partial charge in [-0.25, -0.2) is 14.0 Å². The number of piperidine rings is 2. The summed E-state index contributed by atoms with van der Waals surface area (Å²) in [5.41, 5.74) is 0.382. The lowest BCUT2D eigenvalue weighted by Crippen LogP contribution is -2.57. The second kappa shape index (κ2) is 10.3. The smallest absolute Gasteiger partial charge is 0.410 e. The molecule has 1 aromatic rings. The highest BCUT2D eigenvalue weighted by Gasteiger charge is 2.37. The fourth-order valence-electron chi connectivity index (χ4n) is 4.13. The summed E-state index contributed by atoms with van der Waals surface area (Å²) in [7, 11) is 0. The third kappa shape index (κ3) is 7.09. The van der Waals surface area contributed by atoms with Crippen molar-refractivity contribution in [2.45, 2.75) is 70.5 Å². The minimum Gasteiger partial charge on any atom is -0.445 e. The van der Waals surface area contributed by atoms with Crippen LogP contribution in [-0.2, 0) is 16.1 Å². The van der Waals surface area contributed by atoms with Crippen molar-refractivity contribution in [2.75, 3.05) is 26.2 Å². The number of carbonyl (C=O) groups is 2. The third-order valence-electron chi connectivity index (χ3n) is 5.69. The van der Waals surface area contributed by atoms with Crippen LogP contribution in [0.1, 0.15) is 45.6 Å². The van der Waals surface area contributed by atoms with Crippen molar-refractivity contribution < 1.29 is 23.5 Å². The van der Waals surface area contributed by atoms with Crippen LogP contribution in [0.4, 0.5) is 14.0 Å². The summed E-state index contributed by atoms with van der Waals surface area (Å²) in [6, 6.07) is 9.28. The van der Waals surface area contributed by atoms with E-state index in [1.807, 2.05) is 51.1 Å². The van der Waals surface area contributed by atoms with Crippen LogP contribution in [0.15, 0.2) is 30.3 Å². The molecule has 2 atom stereocenters. The fourth-order valence-corrected chi connectivity index (χ4v) is 4.13. The Bertz CT molecular complexity index is 732. The molecule has 0 bridgehead atoms. The fraction of sp³-hybridized carbons (Fsp3) is 0.652. The highest BCUT2D eigenvalue weighted by Crippen LogP contribution is 2.24. The molecular formula is C23H34FN3O4. The van der Waals surface area contributed by atoms with E-state index in [1.165, 1.54) is 4.90 Å². The Morgan fingerprint density at radius 2 is 1.77 bits per heavy atom. The first-order valence-corrected chi connectivity index (χ1v) is 11.0. The molecule has 1 N–H and O–H groups in total. The second-order valence-corrected chi connectivity index (χ2v) is 9.31. The Balaban J connectivity index is 1.40. The van der Waals surface area contributed by atoms with Gasteiger partial charge in [-0.05, 0) is 45.6 Å². The molecule has 2 aliphatic heterocycles.